The minimum Gasteiger partial charge on any atom is -0.376 e. The van der Waals surface area contributed by atoms with Crippen LogP contribution in [0.25, 0.3) is 0 Å². The van der Waals surface area contributed by atoms with Crippen LogP contribution in [0.15, 0.2) is 35.3 Å². The molecular weight excluding hydrogens is 437 g/mol. The van der Waals surface area contributed by atoms with Crippen molar-refractivity contribution in [3.05, 3.63) is 35.9 Å². The van der Waals surface area contributed by atoms with E-state index in [2.05, 4.69) is 41.4 Å². The van der Waals surface area contributed by atoms with Crippen LogP contribution in [0, 0.1) is 11.8 Å². The number of ether oxygens (including phenoxy) is 1. The molecule has 1 N–H and O–H groups in total. The van der Waals surface area contributed by atoms with Gasteiger partial charge in [-0.15, -0.1) is 24.0 Å². The van der Waals surface area contributed by atoms with Crippen LogP contribution < -0.4 is 5.32 Å². The summed E-state index contributed by atoms with van der Waals surface area (Å²) in [5, 5.41) is 3.47. The number of hydrogen-bond acceptors (Lipinski definition) is 2. The van der Waals surface area contributed by atoms with E-state index < -0.39 is 0 Å². The number of nitrogens with one attached hydrogen (secondary N) is 1. The quantitative estimate of drug-likeness (QED) is 0.253. The molecule has 1 saturated heterocycles. The third kappa shape index (κ3) is 7.43. The average Bonchev–Trinajstić information content (AvgIpc) is 3.35. The van der Waals surface area contributed by atoms with Gasteiger partial charge in [-0.1, -0.05) is 43.2 Å². The highest BCUT2D eigenvalue weighted by Gasteiger charge is 2.25. The van der Waals surface area contributed by atoms with Crippen LogP contribution in [0.3, 0.4) is 0 Å². The Morgan fingerprint density at radius 1 is 1.19 bits per heavy atom. The van der Waals surface area contributed by atoms with Crippen molar-refractivity contribution in [2.24, 2.45) is 16.8 Å². The molecule has 1 saturated carbocycles. The second-order valence-corrected chi connectivity index (χ2v) is 7.42. The molecule has 5 heteroatoms. The van der Waals surface area contributed by atoms with Crippen LogP contribution in [0.1, 0.15) is 44.6 Å². The fourth-order valence-electron chi connectivity index (χ4n) is 3.48. The van der Waals surface area contributed by atoms with Gasteiger partial charge in [0, 0.05) is 32.1 Å². The Hall–Kier alpha value is -0.820. The third-order valence-electron chi connectivity index (χ3n) is 5.11. The summed E-state index contributed by atoms with van der Waals surface area (Å²) in [5.41, 5.74) is 1.25. The highest BCUT2D eigenvalue weighted by atomic mass is 127. The standard InChI is InChI=1S/C21H33N3O.HI/c1-2-22-21(23-13-6-9-18-10-11-18)24-14-12-20(15-24)17-25-16-19-7-4-3-5-8-19;/h3-5,7-8,18,20H,2,6,9-17H2,1H3,(H,22,23);1H. The molecule has 1 atom stereocenters. The Morgan fingerprint density at radius 2 is 2.00 bits per heavy atom. The molecule has 1 aromatic rings. The summed E-state index contributed by atoms with van der Waals surface area (Å²) >= 11 is 0. The van der Waals surface area contributed by atoms with Gasteiger partial charge in [-0.25, -0.2) is 0 Å². The predicted molar refractivity (Wildman–Crippen MR) is 119 cm³/mol. The first-order valence-electron chi connectivity index (χ1n) is 10.00. The minimum absolute atomic E-state index is 0. The number of hydrogen-bond donors (Lipinski definition) is 1. The van der Waals surface area contributed by atoms with Crippen molar-refractivity contribution < 1.29 is 4.74 Å². The van der Waals surface area contributed by atoms with Crippen LogP contribution >= 0.6 is 24.0 Å². The van der Waals surface area contributed by atoms with Crippen molar-refractivity contribution in [3.63, 3.8) is 0 Å². The van der Waals surface area contributed by atoms with Gasteiger partial charge in [0.05, 0.1) is 13.2 Å². The summed E-state index contributed by atoms with van der Waals surface area (Å²) in [4.78, 5) is 7.26. The molecule has 3 rings (SSSR count). The molecule has 26 heavy (non-hydrogen) atoms. The van der Waals surface area contributed by atoms with Gasteiger partial charge in [-0.05, 0) is 37.7 Å². The van der Waals surface area contributed by atoms with Gasteiger partial charge in [-0.2, -0.15) is 0 Å². The van der Waals surface area contributed by atoms with E-state index in [0.29, 0.717) is 12.5 Å². The van der Waals surface area contributed by atoms with E-state index in [0.717, 1.165) is 44.7 Å². The Morgan fingerprint density at radius 3 is 2.73 bits per heavy atom. The van der Waals surface area contributed by atoms with Gasteiger partial charge in [0.25, 0.3) is 0 Å². The largest absolute Gasteiger partial charge is 0.376 e. The number of likely N-dealkylation sites (tertiary alicyclic amines) is 1. The average molecular weight is 471 g/mol. The van der Waals surface area contributed by atoms with Gasteiger partial charge < -0.3 is 15.0 Å². The fourth-order valence-corrected chi connectivity index (χ4v) is 3.48. The predicted octanol–water partition coefficient (Wildman–Crippen LogP) is 4.30. The topological polar surface area (TPSA) is 36.9 Å². The van der Waals surface area contributed by atoms with Gasteiger partial charge in [0.2, 0.25) is 0 Å². The maximum atomic E-state index is 5.94. The van der Waals surface area contributed by atoms with E-state index in [4.69, 9.17) is 9.73 Å². The Labute approximate surface area is 175 Å². The van der Waals surface area contributed by atoms with Crippen molar-refractivity contribution in [1.82, 2.24) is 10.2 Å². The zero-order valence-corrected chi connectivity index (χ0v) is 18.4. The lowest BCUT2D eigenvalue weighted by Crippen LogP contribution is -2.40. The minimum atomic E-state index is 0. The molecule has 0 bridgehead atoms. The maximum absolute atomic E-state index is 5.94. The Kier molecular flexibility index (Phi) is 9.75. The van der Waals surface area contributed by atoms with E-state index in [1.807, 2.05) is 6.07 Å². The summed E-state index contributed by atoms with van der Waals surface area (Å²) in [7, 11) is 0. The fraction of sp³-hybridized carbons (Fsp3) is 0.667. The molecule has 2 aliphatic rings. The van der Waals surface area contributed by atoms with Crippen LogP contribution in [0.4, 0.5) is 0 Å². The number of benzene rings is 1. The number of rotatable bonds is 9. The molecule has 1 aliphatic heterocycles. The van der Waals surface area contributed by atoms with Gasteiger partial charge in [0.1, 0.15) is 0 Å². The molecular formula is C21H34IN3O. The molecule has 1 aromatic carbocycles. The first-order chi connectivity index (χ1) is 12.3. The van der Waals surface area contributed by atoms with Crippen LogP contribution in [0.5, 0.6) is 0 Å². The van der Waals surface area contributed by atoms with Gasteiger partial charge in [0.15, 0.2) is 5.96 Å². The molecule has 0 amide bonds. The molecule has 1 heterocycles. The molecule has 2 fully saturated rings. The molecule has 4 nitrogen and oxygen atoms in total. The van der Waals surface area contributed by atoms with Crippen molar-refractivity contribution in [3.8, 4) is 0 Å². The summed E-state index contributed by atoms with van der Waals surface area (Å²) in [6, 6.07) is 10.4. The smallest absolute Gasteiger partial charge is 0.193 e. The van der Waals surface area contributed by atoms with Crippen LogP contribution in [-0.2, 0) is 11.3 Å². The number of guanidine groups is 1. The van der Waals surface area contributed by atoms with Crippen LogP contribution in [-0.4, -0.2) is 43.6 Å². The summed E-state index contributed by atoms with van der Waals surface area (Å²) in [5.74, 6) is 2.72. The van der Waals surface area contributed by atoms with E-state index in [-0.39, 0.29) is 24.0 Å². The molecule has 0 radical (unpaired) electrons. The molecule has 0 aromatic heterocycles. The number of aliphatic imine (C=N–C) groups is 1. The zero-order chi connectivity index (χ0) is 17.3. The molecule has 1 aliphatic carbocycles. The highest BCUT2D eigenvalue weighted by molar-refractivity contribution is 14.0. The normalized spacial score (nSPS) is 20.1. The number of halogens is 1. The second kappa shape index (κ2) is 11.8. The first kappa shape index (κ1) is 21.5. The number of nitrogens with zero attached hydrogens (tertiary/aromatic N) is 2. The lowest BCUT2D eigenvalue weighted by molar-refractivity contribution is 0.0907. The monoisotopic (exact) mass is 471 g/mol. The van der Waals surface area contributed by atoms with Crippen LogP contribution in [0.2, 0.25) is 0 Å². The van der Waals surface area contributed by atoms with Gasteiger partial charge >= 0.3 is 0 Å². The highest BCUT2D eigenvalue weighted by Crippen LogP contribution is 2.33. The molecule has 1 unspecified atom stereocenters. The van der Waals surface area contributed by atoms with E-state index in [1.165, 1.54) is 37.7 Å². The SMILES string of the molecule is CCNC(=NCCCC1CC1)N1CCC(COCc2ccccc2)C1.I. The van der Waals surface area contributed by atoms with E-state index in [1.54, 1.807) is 0 Å². The molecule has 0 spiro atoms. The summed E-state index contributed by atoms with van der Waals surface area (Å²) < 4.78 is 5.94. The lowest BCUT2D eigenvalue weighted by Gasteiger charge is -2.21. The van der Waals surface area contributed by atoms with E-state index >= 15 is 0 Å². The maximum Gasteiger partial charge on any atom is 0.193 e. The van der Waals surface area contributed by atoms with Gasteiger partial charge in [-0.3, -0.25) is 4.99 Å². The lowest BCUT2D eigenvalue weighted by atomic mass is 10.1. The Balaban J connectivity index is 0.00000243. The third-order valence-corrected chi connectivity index (χ3v) is 5.11. The second-order valence-electron chi connectivity index (χ2n) is 7.42. The zero-order valence-electron chi connectivity index (χ0n) is 16.0. The van der Waals surface area contributed by atoms with Crippen molar-refractivity contribution in [2.75, 3.05) is 32.8 Å². The first-order valence-corrected chi connectivity index (χ1v) is 10.00. The van der Waals surface area contributed by atoms with Crippen molar-refractivity contribution in [2.45, 2.75) is 45.6 Å². The summed E-state index contributed by atoms with van der Waals surface area (Å²) in [6.45, 7) is 7.75. The summed E-state index contributed by atoms with van der Waals surface area (Å²) in [6.07, 6.45) is 6.68. The van der Waals surface area contributed by atoms with Crippen molar-refractivity contribution >= 4 is 29.9 Å². The van der Waals surface area contributed by atoms with E-state index in [9.17, 15) is 0 Å². The Bertz CT molecular complexity index is 533. The van der Waals surface area contributed by atoms with Crippen molar-refractivity contribution in [1.29, 1.82) is 0 Å². The molecule has 146 valence electrons.